The van der Waals surface area contributed by atoms with Crippen LogP contribution in [0.4, 0.5) is 0 Å². The molecule has 0 heterocycles. The van der Waals surface area contributed by atoms with Gasteiger partial charge < -0.3 is 25.0 Å². The van der Waals surface area contributed by atoms with Crippen molar-refractivity contribution in [3.05, 3.63) is 0 Å². The van der Waals surface area contributed by atoms with Crippen molar-refractivity contribution in [2.75, 3.05) is 33.4 Å². The SMILES string of the molecule is CC(=O)NC1CC(OCCN(C)CCOC2CC(NC(C)=O)C2)C1. The zero-order valence-corrected chi connectivity index (χ0v) is 15.0. The largest absolute Gasteiger partial charge is 0.377 e. The van der Waals surface area contributed by atoms with Gasteiger partial charge in [0.15, 0.2) is 0 Å². The first-order valence-corrected chi connectivity index (χ1v) is 8.88. The second-order valence-electron chi connectivity index (χ2n) is 7.03. The summed E-state index contributed by atoms with van der Waals surface area (Å²) in [5, 5.41) is 5.80. The molecule has 2 amide bonds. The van der Waals surface area contributed by atoms with Gasteiger partial charge in [-0.25, -0.2) is 0 Å². The molecular weight excluding hydrogens is 310 g/mol. The molecule has 0 aromatic heterocycles. The van der Waals surface area contributed by atoms with Gasteiger partial charge in [0.05, 0.1) is 25.4 Å². The van der Waals surface area contributed by atoms with Crippen LogP contribution >= 0.6 is 0 Å². The number of nitrogens with zero attached hydrogens (tertiary/aromatic N) is 1. The normalized spacial score (nSPS) is 28.8. The minimum atomic E-state index is 0.0352. The first-order valence-electron chi connectivity index (χ1n) is 8.88. The van der Waals surface area contributed by atoms with Gasteiger partial charge in [0.2, 0.25) is 11.8 Å². The van der Waals surface area contributed by atoms with Crippen molar-refractivity contribution < 1.29 is 19.1 Å². The molecule has 0 spiro atoms. The molecule has 0 unspecified atom stereocenters. The molecule has 0 aromatic rings. The van der Waals surface area contributed by atoms with Crippen LogP contribution in [0, 0.1) is 0 Å². The zero-order chi connectivity index (χ0) is 17.5. The Bertz CT molecular complexity index is 382. The molecular formula is C17H31N3O4. The van der Waals surface area contributed by atoms with Gasteiger partial charge in [-0.3, -0.25) is 9.59 Å². The topological polar surface area (TPSA) is 79.9 Å². The van der Waals surface area contributed by atoms with Crippen molar-refractivity contribution in [1.82, 2.24) is 15.5 Å². The molecule has 0 atom stereocenters. The predicted molar refractivity (Wildman–Crippen MR) is 90.7 cm³/mol. The van der Waals surface area contributed by atoms with Crippen molar-refractivity contribution in [3.63, 3.8) is 0 Å². The highest BCUT2D eigenvalue weighted by Gasteiger charge is 2.31. The first-order chi connectivity index (χ1) is 11.4. The van der Waals surface area contributed by atoms with Crippen molar-refractivity contribution in [1.29, 1.82) is 0 Å². The van der Waals surface area contributed by atoms with E-state index in [-0.39, 0.29) is 24.0 Å². The summed E-state index contributed by atoms with van der Waals surface area (Å²) >= 11 is 0. The number of nitrogens with one attached hydrogen (secondary N) is 2. The highest BCUT2D eigenvalue weighted by atomic mass is 16.5. The summed E-state index contributed by atoms with van der Waals surface area (Å²) in [6.07, 6.45) is 4.25. The Kier molecular flexibility index (Phi) is 7.45. The highest BCUT2D eigenvalue weighted by molar-refractivity contribution is 5.73. The Balaban J connectivity index is 1.39. The molecule has 0 bridgehead atoms. The minimum absolute atomic E-state index is 0.0352. The number of carbonyl (C=O) groups excluding carboxylic acids is 2. The molecule has 138 valence electrons. The third-order valence-electron chi connectivity index (χ3n) is 4.66. The number of amides is 2. The van der Waals surface area contributed by atoms with Gasteiger partial charge in [0, 0.05) is 39.0 Å². The Morgan fingerprint density at radius 1 is 0.875 bits per heavy atom. The quantitative estimate of drug-likeness (QED) is 0.597. The summed E-state index contributed by atoms with van der Waals surface area (Å²) in [5.74, 6) is 0.0704. The van der Waals surface area contributed by atoms with E-state index >= 15 is 0 Å². The maximum absolute atomic E-state index is 10.9. The fourth-order valence-corrected chi connectivity index (χ4v) is 3.08. The molecule has 7 heteroatoms. The van der Waals surface area contributed by atoms with Crippen LogP contribution in [0.5, 0.6) is 0 Å². The van der Waals surface area contributed by atoms with E-state index in [9.17, 15) is 9.59 Å². The van der Waals surface area contributed by atoms with Crippen LogP contribution in [0.2, 0.25) is 0 Å². The minimum Gasteiger partial charge on any atom is -0.377 e. The molecule has 0 aromatic carbocycles. The first kappa shape index (κ1) is 19.1. The van der Waals surface area contributed by atoms with E-state index in [1.54, 1.807) is 13.8 Å². The molecule has 0 aliphatic heterocycles. The standard InChI is InChI=1S/C17H31N3O4/c1-12(21)18-14-8-16(9-14)23-6-4-20(3)5-7-24-17-10-15(11-17)19-13(2)22/h14-17H,4-11H2,1-3H3,(H,18,21)(H,19,22). The van der Waals surface area contributed by atoms with Crippen LogP contribution in [-0.2, 0) is 19.1 Å². The zero-order valence-electron chi connectivity index (χ0n) is 15.0. The average molecular weight is 341 g/mol. The van der Waals surface area contributed by atoms with Crippen LogP contribution in [0.25, 0.3) is 0 Å². The van der Waals surface area contributed by atoms with E-state index in [0.717, 1.165) is 38.8 Å². The number of hydrogen-bond acceptors (Lipinski definition) is 5. The Labute approximate surface area is 144 Å². The van der Waals surface area contributed by atoms with E-state index in [1.807, 2.05) is 0 Å². The molecule has 2 rings (SSSR count). The van der Waals surface area contributed by atoms with Crippen molar-refractivity contribution >= 4 is 11.8 Å². The highest BCUT2D eigenvalue weighted by Crippen LogP contribution is 2.24. The van der Waals surface area contributed by atoms with E-state index in [4.69, 9.17) is 9.47 Å². The molecule has 7 nitrogen and oxygen atoms in total. The number of hydrogen-bond donors (Lipinski definition) is 2. The summed E-state index contributed by atoms with van der Waals surface area (Å²) in [6.45, 7) is 6.28. The number of ether oxygens (including phenoxy) is 2. The smallest absolute Gasteiger partial charge is 0.217 e. The van der Waals surface area contributed by atoms with Gasteiger partial charge in [-0.05, 0) is 32.7 Å². The summed E-state index contributed by atoms with van der Waals surface area (Å²) in [5.41, 5.74) is 0. The lowest BCUT2D eigenvalue weighted by Gasteiger charge is -2.36. The van der Waals surface area contributed by atoms with Crippen molar-refractivity contribution in [2.24, 2.45) is 0 Å². The monoisotopic (exact) mass is 341 g/mol. The van der Waals surface area contributed by atoms with E-state index in [0.29, 0.717) is 25.3 Å². The molecule has 2 aliphatic carbocycles. The second-order valence-corrected chi connectivity index (χ2v) is 7.03. The second kappa shape index (κ2) is 9.34. The van der Waals surface area contributed by atoms with Gasteiger partial charge in [0.1, 0.15) is 0 Å². The Hall–Kier alpha value is -1.18. The summed E-state index contributed by atoms with van der Waals surface area (Å²) < 4.78 is 11.6. The lowest BCUT2D eigenvalue weighted by atomic mass is 9.89. The third kappa shape index (κ3) is 6.75. The number of carbonyl (C=O) groups is 2. The van der Waals surface area contributed by atoms with Gasteiger partial charge in [-0.15, -0.1) is 0 Å². The van der Waals surface area contributed by atoms with Crippen molar-refractivity contribution in [3.8, 4) is 0 Å². The Morgan fingerprint density at radius 3 is 1.58 bits per heavy atom. The van der Waals surface area contributed by atoms with Crippen LogP contribution in [0.1, 0.15) is 39.5 Å². The molecule has 0 radical (unpaired) electrons. The molecule has 2 saturated carbocycles. The summed E-state index contributed by atoms with van der Waals surface area (Å²) in [7, 11) is 2.06. The van der Waals surface area contributed by atoms with Gasteiger partial charge in [0.25, 0.3) is 0 Å². The molecule has 2 N–H and O–H groups in total. The van der Waals surface area contributed by atoms with E-state index in [2.05, 4.69) is 22.6 Å². The average Bonchev–Trinajstić information content (AvgIpc) is 2.40. The van der Waals surface area contributed by atoms with Crippen LogP contribution in [0.3, 0.4) is 0 Å². The van der Waals surface area contributed by atoms with E-state index in [1.165, 1.54) is 0 Å². The number of likely N-dealkylation sites (N-methyl/N-ethyl adjacent to an activating group) is 1. The maximum atomic E-state index is 10.9. The van der Waals surface area contributed by atoms with Crippen molar-refractivity contribution in [2.45, 2.75) is 63.8 Å². The Morgan fingerprint density at radius 2 is 1.25 bits per heavy atom. The van der Waals surface area contributed by atoms with Crippen LogP contribution in [0.15, 0.2) is 0 Å². The molecule has 24 heavy (non-hydrogen) atoms. The van der Waals surface area contributed by atoms with Crippen LogP contribution in [-0.4, -0.2) is 74.4 Å². The van der Waals surface area contributed by atoms with Gasteiger partial charge in [-0.1, -0.05) is 0 Å². The number of rotatable bonds is 10. The molecule has 0 saturated heterocycles. The maximum Gasteiger partial charge on any atom is 0.217 e. The third-order valence-corrected chi connectivity index (χ3v) is 4.66. The summed E-state index contributed by atoms with van der Waals surface area (Å²) in [4.78, 5) is 24.0. The lowest BCUT2D eigenvalue weighted by molar-refractivity contribution is -0.122. The molecule has 2 fully saturated rings. The van der Waals surface area contributed by atoms with E-state index < -0.39 is 0 Å². The summed E-state index contributed by atoms with van der Waals surface area (Å²) in [6, 6.07) is 0.588. The lowest BCUT2D eigenvalue weighted by Crippen LogP contribution is -2.48. The van der Waals surface area contributed by atoms with Crippen LogP contribution < -0.4 is 10.6 Å². The van der Waals surface area contributed by atoms with Gasteiger partial charge >= 0.3 is 0 Å². The molecule has 2 aliphatic rings. The fourth-order valence-electron chi connectivity index (χ4n) is 3.08. The predicted octanol–water partition coefficient (Wildman–Crippen LogP) is 0.286. The fraction of sp³-hybridized carbons (Fsp3) is 0.882. The van der Waals surface area contributed by atoms with Gasteiger partial charge in [-0.2, -0.15) is 0 Å².